The fourth-order valence-electron chi connectivity index (χ4n) is 0.0419. The minimum absolute atomic E-state index is 0.227. The Morgan fingerprint density at radius 3 is 2.14 bits per heavy atom. The smallest absolute Gasteiger partial charge is 0.342 e. The topological polar surface area (TPSA) is 26.3 Å². The lowest BCUT2D eigenvalue weighted by Crippen LogP contribution is -1.92. The van der Waals surface area contributed by atoms with Gasteiger partial charge in [-0.3, -0.25) is 0 Å². The van der Waals surface area contributed by atoms with E-state index in [1.165, 1.54) is 0 Å². The maximum absolute atomic E-state index is 9.93. The number of carbonyl (C=O) groups excluding carboxylic acids is 1. The molecule has 0 aliphatic rings. The molecule has 0 aromatic carbocycles. The van der Waals surface area contributed by atoms with Crippen LogP contribution in [-0.2, 0) is 9.08 Å². The Labute approximate surface area is 50.8 Å². The molecule has 0 aromatic heterocycles. The first-order valence-electron chi connectivity index (χ1n) is 1.36. The van der Waals surface area contributed by atoms with Crippen molar-refractivity contribution in [3.05, 3.63) is 11.6 Å². The van der Waals surface area contributed by atoms with Crippen LogP contribution < -0.4 is 0 Å². The van der Waals surface area contributed by atoms with Crippen LogP contribution in [0.5, 0.6) is 0 Å². The maximum atomic E-state index is 9.93. The molecule has 0 aliphatic carbocycles. The quantitative estimate of drug-likeness (QED) is 0.516. The van der Waals surface area contributed by atoms with Crippen molar-refractivity contribution in [2.75, 3.05) is 0 Å². The monoisotopic (exact) mass is 140 g/mol. The van der Waals surface area contributed by atoms with Gasteiger partial charge in [-0.2, -0.15) is 0 Å². The molecule has 0 rings (SSSR count). The van der Waals surface area contributed by atoms with Crippen LogP contribution in [0.3, 0.4) is 0 Å². The SMILES string of the molecule is C=C(Cl)C(=O)OCl. The second-order valence-electron chi connectivity index (χ2n) is 0.770. The molecule has 4 heteroatoms. The fraction of sp³-hybridized carbons (Fsp3) is 0. The number of hydrogen-bond acceptors (Lipinski definition) is 2. The third-order valence-corrected chi connectivity index (χ3v) is 0.586. The van der Waals surface area contributed by atoms with E-state index in [4.69, 9.17) is 11.6 Å². The van der Waals surface area contributed by atoms with E-state index in [0.717, 1.165) is 0 Å². The van der Waals surface area contributed by atoms with E-state index >= 15 is 0 Å². The van der Waals surface area contributed by atoms with E-state index in [1.807, 2.05) is 0 Å². The molecule has 2 nitrogen and oxygen atoms in total. The van der Waals surface area contributed by atoms with E-state index in [9.17, 15) is 4.79 Å². The van der Waals surface area contributed by atoms with Gasteiger partial charge in [0, 0.05) is 0 Å². The zero-order chi connectivity index (χ0) is 5.86. The molecule has 0 atom stereocenters. The van der Waals surface area contributed by atoms with Gasteiger partial charge in [0.2, 0.25) is 0 Å². The van der Waals surface area contributed by atoms with Crippen LogP contribution in [0.1, 0.15) is 0 Å². The molecule has 0 saturated carbocycles. The Balaban J connectivity index is 3.58. The molecule has 0 aliphatic heterocycles. The average molecular weight is 141 g/mol. The predicted molar refractivity (Wildman–Crippen MR) is 26.9 cm³/mol. The second kappa shape index (κ2) is 2.88. The van der Waals surface area contributed by atoms with Crippen LogP contribution in [0.4, 0.5) is 0 Å². The zero-order valence-electron chi connectivity index (χ0n) is 3.28. The molecule has 0 spiro atoms. The molecule has 0 radical (unpaired) electrons. The molecule has 0 N–H and O–H groups in total. The molecule has 7 heavy (non-hydrogen) atoms. The van der Waals surface area contributed by atoms with Crippen molar-refractivity contribution in [3.63, 3.8) is 0 Å². The molecule has 0 amide bonds. The Hall–Kier alpha value is -0.210. The van der Waals surface area contributed by atoms with E-state index in [2.05, 4.69) is 22.7 Å². The Kier molecular flexibility index (Phi) is 2.79. The molecular weight excluding hydrogens is 139 g/mol. The van der Waals surface area contributed by atoms with Gasteiger partial charge in [0.25, 0.3) is 0 Å². The number of rotatable bonds is 1. The van der Waals surface area contributed by atoms with E-state index in [1.54, 1.807) is 0 Å². The van der Waals surface area contributed by atoms with Crippen LogP contribution in [0.2, 0.25) is 0 Å². The second-order valence-corrected chi connectivity index (χ2v) is 1.38. The molecule has 0 saturated heterocycles. The minimum atomic E-state index is -0.816. The Morgan fingerprint density at radius 1 is 1.71 bits per heavy atom. The first-order valence-corrected chi connectivity index (χ1v) is 2.04. The summed E-state index contributed by atoms with van der Waals surface area (Å²) < 4.78 is 3.61. The summed E-state index contributed by atoms with van der Waals surface area (Å²) in [5.41, 5.74) is 0. The third kappa shape index (κ3) is 2.48. The van der Waals surface area contributed by atoms with Crippen molar-refractivity contribution in [1.29, 1.82) is 0 Å². The molecule has 0 fully saturated rings. The predicted octanol–water partition coefficient (Wildman–Crippen LogP) is 1.44. The van der Waals surface area contributed by atoms with E-state index in [0.29, 0.717) is 0 Å². The summed E-state index contributed by atoms with van der Waals surface area (Å²) in [6.45, 7) is 3.03. The lowest BCUT2D eigenvalue weighted by Gasteiger charge is -1.84. The van der Waals surface area contributed by atoms with Crippen molar-refractivity contribution >= 4 is 29.4 Å². The number of hydrogen-bond donors (Lipinski definition) is 0. The van der Waals surface area contributed by atoms with Crippen LogP contribution in [0.15, 0.2) is 11.6 Å². The van der Waals surface area contributed by atoms with Crippen molar-refractivity contribution < 1.29 is 9.08 Å². The average Bonchev–Trinajstić information content (AvgIpc) is 1.65. The summed E-state index contributed by atoms with van der Waals surface area (Å²) >= 11 is 9.53. The summed E-state index contributed by atoms with van der Waals surface area (Å²) in [6, 6.07) is 0. The van der Waals surface area contributed by atoms with Gasteiger partial charge in [0.05, 0.1) is 0 Å². The highest BCUT2D eigenvalue weighted by Crippen LogP contribution is 1.99. The van der Waals surface area contributed by atoms with Crippen molar-refractivity contribution in [2.45, 2.75) is 0 Å². The van der Waals surface area contributed by atoms with Gasteiger partial charge >= 0.3 is 5.97 Å². The highest BCUT2D eigenvalue weighted by molar-refractivity contribution is 6.42. The van der Waals surface area contributed by atoms with Gasteiger partial charge in [-0.25, -0.2) is 4.79 Å². The molecule has 0 bridgehead atoms. The van der Waals surface area contributed by atoms with Gasteiger partial charge < -0.3 is 4.29 Å². The van der Waals surface area contributed by atoms with Crippen LogP contribution >= 0.6 is 23.5 Å². The van der Waals surface area contributed by atoms with Crippen molar-refractivity contribution in [3.8, 4) is 0 Å². The zero-order valence-corrected chi connectivity index (χ0v) is 4.79. The van der Waals surface area contributed by atoms with Crippen molar-refractivity contribution in [1.82, 2.24) is 0 Å². The normalized spacial score (nSPS) is 7.71. The summed E-state index contributed by atoms with van der Waals surface area (Å²) in [5.74, 6) is -0.816. The highest BCUT2D eigenvalue weighted by Gasteiger charge is 2.01. The highest BCUT2D eigenvalue weighted by atomic mass is 35.5. The minimum Gasteiger partial charge on any atom is -0.342 e. The molecular formula is C3H2Cl2O2. The summed E-state index contributed by atoms with van der Waals surface area (Å²) in [7, 11) is 0. The van der Waals surface area contributed by atoms with Crippen LogP contribution in [0, 0.1) is 0 Å². The third-order valence-electron chi connectivity index (χ3n) is 0.292. The van der Waals surface area contributed by atoms with Crippen LogP contribution in [0.25, 0.3) is 0 Å². The summed E-state index contributed by atoms with van der Waals surface area (Å²) in [4.78, 5) is 9.93. The van der Waals surface area contributed by atoms with Gasteiger partial charge in [-0.15, -0.1) is 0 Å². The molecule has 40 valence electrons. The molecule has 0 unspecified atom stereocenters. The number of halogens is 2. The van der Waals surface area contributed by atoms with E-state index < -0.39 is 5.97 Å². The summed E-state index contributed by atoms with van der Waals surface area (Å²) in [6.07, 6.45) is 0. The van der Waals surface area contributed by atoms with Gasteiger partial charge in [-0.05, 0) is 0 Å². The first kappa shape index (κ1) is 6.79. The van der Waals surface area contributed by atoms with Gasteiger partial charge in [0.15, 0.2) is 0 Å². The van der Waals surface area contributed by atoms with Crippen molar-refractivity contribution in [2.24, 2.45) is 0 Å². The number of carbonyl (C=O) groups is 1. The lowest BCUT2D eigenvalue weighted by atomic mass is 10.7. The molecule has 0 heterocycles. The maximum Gasteiger partial charge on any atom is 0.367 e. The summed E-state index contributed by atoms with van der Waals surface area (Å²) in [5, 5.41) is -0.227. The van der Waals surface area contributed by atoms with Gasteiger partial charge in [-0.1, -0.05) is 18.2 Å². The lowest BCUT2D eigenvalue weighted by molar-refractivity contribution is -0.128. The standard InChI is InChI=1S/C3H2Cl2O2/c1-2(4)3(6)7-5/h1H2. The Bertz CT molecular complexity index is 99.1. The largest absolute Gasteiger partial charge is 0.367 e. The van der Waals surface area contributed by atoms with Gasteiger partial charge in [0.1, 0.15) is 16.9 Å². The first-order chi connectivity index (χ1) is 3.18. The van der Waals surface area contributed by atoms with Crippen LogP contribution in [-0.4, -0.2) is 5.97 Å². The Morgan fingerprint density at radius 2 is 2.14 bits per heavy atom. The molecule has 0 aromatic rings. The fourth-order valence-corrected chi connectivity index (χ4v) is 0.213. The van der Waals surface area contributed by atoms with E-state index in [-0.39, 0.29) is 5.03 Å².